The molecule has 7 heteroatoms. The van der Waals surface area contributed by atoms with E-state index in [0.29, 0.717) is 17.5 Å². The number of rotatable bonds is 5. The maximum absolute atomic E-state index is 13.3. The number of likely N-dealkylation sites (tertiary alicyclic amines) is 1. The third-order valence-electron chi connectivity index (χ3n) is 5.27. The molecule has 0 aliphatic carbocycles. The van der Waals surface area contributed by atoms with E-state index in [4.69, 9.17) is 16.3 Å². The second kappa shape index (κ2) is 8.65. The molecule has 1 aromatic rings. The number of nitrogens with one attached hydrogen (secondary N) is 1. The molecule has 2 heterocycles. The van der Waals surface area contributed by atoms with Gasteiger partial charge in [0.05, 0.1) is 5.02 Å². The summed E-state index contributed by atoms with van der Waals surface area (Å²) in [5.41, 5.74) is 0.393. The normalized spacial score (nSPS) is 25.0. The van der Waals surface area contributed by atoms with Crippen LogP contribution in [0.15, 0.2) is 18.2 Å². The van der Waals surface area contributed by atoms with Crippen molar-refractivity contribution in [1.29, 1.82) is 0 Å². The van der Waals surface area contributed by atoms with Crippen LogP contribution in [-0.4, -0.2) is 74.7 Å². The molecule has 1 aromatic carbocycles. The van der Waals surface area contributed by atoms with Crippen LogP contribution in [0.3, 0.4) is 0 Å². The molecule has 26 heavy (non-hydrogen) atoms. The molecule has 1 amide bonds. The zero-order chi connectivity index (χ0) is 18.7. The standard InChI is InChI=1S/C19H27ClFN3O2/c1-23(2)10-14-11-24(15-5-7-26-8-6-15)12-18(14)22-19(25)13-3-4-17(21)16(20)9-13/h3-4,9,14-15,18H,5-8,10-12H2,1-2H3,(H,22,25)/t14-,18-/m1/s1. The maximum atomic E-state index is 13.3. The average Bonchev–Trinajstić information content (AvgIpc) is 3.00. The minimum Gasteiger partial charge on any atom is -0.381 e. The zero-order valence-corrected chi connectivity index (χ0v) is 16.1. The Balaban J connectivity index is 1.68. The van der Waals surface area contributed by atoms with E-state index in [1.54, 1.807) is 0 Å². The Labute approximate surface area is 159 Å². The van der Waals surface area contributed by atoms with Crippen LogP contribution in [0, 0.1) is 11.7 Å². The Morgan fingerprint density at radius 3 is 2.73 bits per heavy atom. The number of ether oxygens (including phenoxy) is 1. The van der Waals surface area contributed by atoms with Crippen molar-refractivity contribution in [2.24, 2.45) is 5.92 Å². The summed E-state index contributed by atoms with van der Waals surface area (Å²) in [6.45, 7) is 4.34. The van der Waals surface area contributed by atoms with Gasteiger partial charge in [0, 0.05) is 56.4 Å². The number of halogens is 2. The van der Waals surface area contributed by atoms with Crippen molar-refractivity contribution in [3.8, 4) is 0 Å². The van der Waals surface area contributed by atoms with Crippen LogP contribution in [0.1, 0.15) is 23.2 Å². The largest absolute Gasteiger partial charge is 0.381 e. The van der Waals surface area contributed by atoms with E-state index in [1.165, 1.54) is 18.2 Å². The molecule has 2 fully saturated rings. The molecule has 0 spiro atoms. The fraction of sp³-hybridized carbons (Fsp3) is 0.632. The van der Waals surface area contributed by atoms with E-state index in [2.05, 4.69) is 29.2 Å². The lowest BCUT2D eigenvalue weighted by Gasteiger charge is -2.31. The lowest BCUT2D eigenvalue weighted by Crippen LogP contribution is -2.44. The Bertz CT molecular complexity index is 637. The number of carbonyl (C=O) groups excluding carboxylic acids is 1. The summed E-state index contributed by atoms with van der Waals surface area (Å²) in [6.07, 6.45) is 2.09. The van der Waals surface area contributed by atoms with Gasteiger partial charge in [-0.05, 0) is 45.1 Å². The van der Waals surface area contributed by atoms with Crippen LogP contribution in [0.4, 0.5) is 4.39 Å². The summed E-state index contributed by atoms with van der Waals surface area (Å²) in [6, 6.07) is 4.69. The molecule has 144 valence electrons. The summed E-state index contributed by atoms with van der Waals surface area (Å²) < 4.78 is 18.8. The quantitative estimate of drug-likeness (QED) is 0.847. The van der Waals surface area contributed by atoms with Gasteiger partial charge in [-0.2, -0.15) is 0 Å². The van der Waals surface area contributed by atoms with Crippen molar-refractivity contribution in [2.45, 2.75) is 24.9 Å². The number of hydrogen-bond acceptors (Lipinski definition) is 4. The molecule has 1 N–H and O–H groups in total. The fourth-order valence-electron chi connectivity index (χ4n) is 3.96. The predicted molar refractivity (Wildman–Crippen MR) is 100 cm³/mol. The smallest absolute Gasteiger partial charge is 0.251 e. The van der Waals surface area contributed by atoms with Gasteiger partial charge in [-0.1, -0.05) is 11.6 Å². The molecule has 2 aliphatic heterocycles. The van der Waals surface area contributed by atoms with Crippen molar-refractivity contribution < 1.29 is 13.9 Å². The van der Waals surface area contributed by atoms with Crippen molar-refractivity contribution in [3.63, 3.8) is 0 Å². The highest BCUT2D eigenvalue weighted by atomic mass is 35.5. The third-order valence-corrected chi connectivity index (χ3v) is 5.56. The SMILES string of the molecule is CN(C)C[C@@H]1CN(C2CCOCC2)C[C@H]1NC(=O)c1ccc(F)c(Cl)c1. The maximum Gasteiger partial charge on any atom is 0.251 e. The Morgan fingerprint density at radius 1 is 1.35 bits per heavy atom. The van der Waals surface area contributed by atoms with E-state index in [0.717, 1.165) is 45.7 Å². The van der Waals surface area contributed by atoms with Crippen LogP contribution in [0.5, 0.6) is 0 Å². The van der Waals surface area contributed by atoms with Crippen molar-refractivity contribution in [1.82, 2.24) is 15.1 Å². The molecule has 2 saturated heterocycles. The molecule has 0 aromatic heterocycles. The summed E-state index contributed by atoms with van der Waals surface area (Å²) in [7, 11) is 4.10. The van der Waals surface area contributed by atoms with Crippen LogP contribution < -0.4 is 5.32 Å². The Hall–Kier alpha value is -1.21. The van der Waals surface area contributed by atoms with Crippen LogP contribution in [0.2, 0.25) is 5.02 Å². The van der Waals surface area contributed by atoms with Gasteiger partial charge in [-0.3, -0.25) is 9.69 Å². The lowest BCUT2D eigenvalue weighted by atomic mass is 10.0. The zero-order valence-electron chi connectivity index (χ0n) is 15.4. The van der Waals surface area contributed by atoms with E-state index in [9.17, 15) is 9.18 Å². The first-order valence-electron chi connectivity index (χ1n) is 9.16. The summed E-state index contributed by atoms with van der Waals surface area (Å²) in [5, 5.41) is 3.12. The van der Waals surface area contributed by atoms with Gasteiger partial charge in [0.25, 0.3) is 5.91 Å². The van der Waals surface area contributed by atoms with E-state index in [-0.39, 0.29) is 17.0 Å². The number of benzene rings is 1. The van der Waals surface area contributed by atoms with Gasteiger partial charge in [-0.25, -0.2) is 4.39 Å². The topological polar surface area (TPSA) is 44.8 Å². The van der Waals surface area contributed by atoms with E-state index in [1.807, 2.05) is 0 Å². The first-order valence-corrected chi connectivity index (χ1v) is 9.54. The lowest BCUT2D eigenvalue weighted by molar-refractivity contribution is 0.0403. The molecular weight excluding hydrogens is 357 g/mol. The van der Waals surface area contributed by atoms with Crippen LogP contribution >= 0.6 is 11.6 Å². The number of amides is 1. The molecule has 0 radical (unpaired) electrons. The van der Waals surface area contributed by atoms with Gasteiger partial charge in [0.15, 0.2) is 0 Å². The molecule has 5 nitrogen and oxygen atoms in total. The number of nitrogens with zero attached hydrogens (tertiary/aromatic N) is 2. The van der Waals surface area contributed by atoms with Gasteiger partial charge in [-0.15, -0.1) is 0 Å². The van der Waals surface area contributed by atoms with Gasteiger partial charge >= 0.3 is 0 Å². The highest BCUT2D eigenvalue weighted by Gasteiger charge is 2.37. The minimum absolute atomic E-state index is 0.0299. The highest BCUT2D eigenvalue weighted by Crippen LogP contribution is 2.25. The Morgan fingerprint density at radius 2 is 2.08 bits per heavy atom. The van der Waals surface area contributed by atoms with Gasteiger partial charge < -0.3 is 15.0 Å². The van der Waals surface area contributed by atoms with Gasteiger partial charge in [0.2, 0.25) is 0 Å². The summed E-state index contributed by atoms with van der Waals surface area (Å²) in [4.78, 5) is 17.3. The minimum atomic E-state index is -0.514. The van der Waals surface area contributed by atoms with Gasteiger partial charge in [0.1, 0.15) is 5.82 Å². The highest BCUT2D eigenvalue weighted by molar-refractivity contribution is 6.31. The number of hydrogen-bond donors (Lipinski definition) is 1. The molecule has 0 bridgehead atoms. The van der Waals surface area contributed by atoms with E-state index < -0.39 is 5.82 Å². The molecular formula is C19H27ClFN3O2. The first-order chi connectivity index (χ1) is 12.4. The first kappa shape index (κ1) is 19.5. The Kier molecular flexibility index (Phi) is 6.51. The molecule has 2 aliphatic rings. The summed E-state index contributed by atoms with van der Waals surface area (Å²) in [5.74, 6) is -0.359. The van der Waals surface area contributed by atoms with Crippen molar-refractivity contribution in [2.75, 3.05) is 46.9 Å². The molecule has 3 rings (SSSR count). The molecule has 0 unspecified atom stereocenters. The van der Waals surface area contributed by atoms with Crippen LogP contribution in [-0.2, 0) is 4.74 Å². The molecule has 0 saturated carbocycles. The van der Waals surface area contributed by atoms with Crippen LogP contribution in [0.25, 0.3) is 0 Å². The fourth-order valence-corrected chi connectivity index (χ4v) is 4.14. The molecule has 2 atom stereocenters. The summed E-state index contributed by atoms with van der Waals surface area (Å²) >= 11 is 5.82. The predicted octanol–water partition coefficient (Wildman–Crippen LogP) is 2.25. The second-order valence-corrected chi connectivity index (χ2v) is 7.94. The third kappa shape index (κ3) is 4.74. The average molecular weight is 384 g/mol. The second-order valence-electron chi connectivity index (χ2n) is 7.53. The number of carbonyl (C=O) groups is 1. The van der Waals surface area contributed by atoms with Crippen molar-refractivity contribution in [3.05, 3.63) is 34.6 Å². The monoisotopic (exact) mass is 383 g/mol. The van der Waals surface area contributed by atoms with E-state index >= 15 is 0 Å². The van der Waals surface area contributed by atoms with Crippen molar-refractivity contribution >= 4 is 17.5 Å².